The number of nitrogens with one attached hydrogen (secondary N) is 1. The lowest BCUT2D eigenvalue weighted by Crippen LogP contribution is -2.54. The first-order chi connectivity index (χ1) is 17.0. The van der Waals surface area contributed by atoms with Crippen LogP contribution in [0.2, 0.25) is 0 Å². The van der Waals surface area contributed by atoms with Crippen molar-refractivity contribution < 1.29 is 24.7 Å². The molecule has 3 amide bonds. The molecule has 3 N–H and O–H groups in total. The molecule has 0 unspecified atom stereocenters. The van der Waals surface area contributed by atoms with Crippen LogP contribution in [-0.2, 0) is 16.1 Å². The number of carboxylic acid groups (broad SMARTS) is 1. The van der Waals surface area contributed by atoms with E-state index in [9.17, 15) is 24.7 Å². The number of pyridine rings is 1. The second-order valence-corrected chi connectivity index (χ2v) is 9.04. The van der Waals surface area contributed by atoms with Crippen LogP contribution in [0.3, 0.4) is 0 Å². The predicted molar refractivity (Wildman–Crippen MR) is 128 cm³/mol. The number of nitrogens with zero attached hydrogens (tertiary/aromatic N) is 4. The monoisotopic (exact) mass is 481 g/mol. The topological polar surface area (TPSA) is 126 Å². The van der Waals surface area contributed by atoms with E-state index in [-0.39, 0.29) is 18.9 Å². The van der Waals surface area contributed by atoms with Gasteiger partial charge in [-0.15, -0.1) is 0 Å². The Hall–Kier alpha value is -3.66. The predicted octanol–water partition coefficient (Wildman–Crippen LogP) is 2.20. The Kier molecular flexibility index (Phi) is 7.81. The summed E-state index contributed by atoms with van der Waals surface area (Å²) in [4.78, 5) is 47.5. The number of carbonyl (C=O) groups is 3. The van der Waals surface area contributed by atoms with Crippen LogP contribution in [0.4, 0.5) is 10.5 Å². The van der Waals surface area contributed by atoms with Crippen molar-refractivity contribution in [3.8, 4) is 0 Å². The highest BCUT2D eigenvalue weighted by Crippen LogP contribution is 2.35. The number of amides is 3. The Morgan fingerprint density at radius 1 is 0.971 bits per heavy atom. The standard InChI is InChI=1S/C25H31N5O5/c31-23(27-35)22-16-20(30(25(33)34)17-18-6-4-5-11-26-18)9-10-21(22)24(32)29-14-12-28(13-15-29)19-7-2-1-3-8-19/h1-8,11,20-22,35H,9-10,12-17H2,(H,27,31)(H,33,34)/t20-,21+,22+/m1/s1. The molecule has 1 aliphatic heterocycles. The van der Waals surface area contributed by atoms with Gasteiger partial charge in [0.1, 0.15) is 0 Å². The molecule has 4 rings (SSSR count). The highest BCUT2D eigenvalue weighted by atomic mass is 16.5. The normalized spacial score (nSPS) is 22.4. The maximum absolute atomic E-state index is 13.4. The summed E-state index contributed by atoms with van der Waals surface area (Å²) in [7, 11) is 0. The molecule has 2 aromatic rings. The van der Waals surface area contributed by atoms with Crippen molar-refractivity contribution >= 4 is 23.6 Å². The van der Waals surface area contributed by atoms with Crippen LogP contribution in [0.5, 0.6) is 0 Å². The van der Waals surface area contributed by atoms with E-state index < -0.39 is 29.9 Å². The van der Waals surface area contributed by atoms with Gasteiger partial charge < -0.3 is 14.9 Å². The minimum atomic E-state index is -1.11. The fourth-order valence-electron chi connectivity index (χ4n) is 5.18. The molecule has 35 heavy (non-hydrogen) atoms. The Balaban J connectivity index is 1.43. The molecular formula is C25H31N5O5. The lowest BCUT2D eigenvalue weighted by molar-refractivity contribution is -0.148. The molecule has 1 aromatic heterocycles. The highest BCUT2D eigenvalue weighted by molar-refractivity contribution is 5.87. The summed E-state index contributed by atoms with van der Waals surface area (Å²) >= 11 is 0. The lowest BCUT2D eigenvalue weighted by Gasteiger charge is -2.42. The Morgan fingerprint density at radius 2 is 1.69 bits per heavy atom. The maximum Gasteiger partial charge on any atom is 0.407 e. The average Bonchev–Trinajstić information content (AvgIpc) is 2.91. The van der Waals surface area contributed by atoms with Gasteiger partial charge in [0.25, 0.3) is 0 Å². The molecular weight excluding hydrogens is 450 g/mol. The molecule has 0 spiro atoms. The molecule has 3 atom stereocenters. The molecule has 0 bridgehead atoms. The van der Waals surface area contributed by atoms with Crippen molar-refractivity contribution in [3.05, 3.63) is 60.4 Å². The number of rotatable bonds is 6. The lowest BCUT2D eigenvalue weighted by atomic mass is 9.75. The van der Waals surface area contributed by atoms with E-state index in [0.29, 0.717) is 44.7 Å². The Bertz CT molecular complexity index is 1010. The molecule has 10 heteroatoms. The van der Waals surface area contributed by atoms with Crippen molar-refractivity contribution in [1.29, 1.82) is 0 Å². The van der Waals surface area contributed by atoms with E-state index in [1.165, 1.54) is 4.90 Å². The minimum absolute atomic E-state index is 0.0916. The summed E-state index contributed by atoms with van der Waals surface area (Å²) < 4.78 is 0. The number of para-hydroxylation sites is 1. The van der Waals surface area contributed by atoms with Crippen LogP contribution in [0, 0.1) is 11.8 Å². The summed E-state index contributed by atoms with van der Waals surface area (Å²) in [6.45, 7) is 2.57. The zero-order chi connectivity index (χ0) is 24.8. The van der Waals surface area contributed by atoms with Gasteiger partial charge in [0.05, 0.1) is 18.2 Å². The van der Waals surface area contributed by atoms with Crippen molar-refractivity contribution in [2.45, 2.75) is 31.8 Å². The SMILES string of the molecule is O=C(NO)[C@H]1C[C@H](N(Cc2ccccn2)C(=O)O)CC[C@@H]1C(=O)N1CCN(c2ccccc2)CC1. The molecule has 2 fully saturated rings. The highest BCUT2D eigenvalue weighted by Gasteiger charge is 2.43. The smallest absolute Gasteiger partial charge is 0.407 e. The van der Waals surface area contributed by atoms with Gasteiger partial charge in [-0.05, 0) is 43.5 Å². The van der Waals surface area contributed by atoms with Crippen LogP contribution in [0.25, 0.3) is 0 Å². The minimum Gasteiger partial charge on any atom is -0.465 e. The summed E-state index contributed by atoms with van der Waals surface area (Å²) in [5.41, 5.74) is 3.41. The zero-order valence-electron chi connectivity index (χ0n) is 19.5. The summed E-state index contributed by atoms with van der Waals surface area (Å²) in [6.07, 6.45) is 1.48. The second kappa shape index (κ2) is 11.2. The Labute approximate surface area is 204 Å². The van der Waals surface area contributed by atoms with Crippen LogP contribution in [0.15, 0.2) is 54.7 Å². The molecule has 0 radical (unpaired) electrons. The average molecular weight is 482 g/mol. The van der Waals surface area contributed by atoms with Gasteiger partial charge in [-0.1, -0.05) is 24.3 Å². The summed E-state index contributed by atoms with van der Waals surface area (Å²) in [5, 5.41) is 19.2. The van der Waals surface area contributed by atoms with Gasteiger partial charge in [0.15, 0.2) is 0 Å². The van der Waals surface area contributed by atoms with E-state index in [4.69, 9.17) is 0 Å². The zero-order valence-corrected chi connectivity index (χ0v) is 19.5. The van der Waals surface area contributed by atoms with Gasteiger partial charge in [0.2, 0.25) is 11.8 Å². The molecule has 2 aliphatic rings. The number of carbonyl (C=O) groups excluding carboxylic acids is 2. The largest absolute Gasteiger partial charge is 0.465 e. The van der Waals surface area contributed by atoms with Crippen molar-refractivity contribution in [2.24, 2.45) is 11.8 Å². The number of piperazine rings is 1. The van der Waals surface area contributed by atoms with Gasteiger partial charge in [-0.3, -0.25) is 24.7 Å². The number of benzene rings is 1. The number of hydrogen-bond donors (Lipinski definition) is 3. The van der Waals surface area contributed by atoms with Crippen LogP contribution >= 0.6 is 0 Å². The van der Waals surface area contributed by atoms with E-state index in [0.717, 1.165) is 5.69 Å². The molecule has 1 saturated carbocycles. The number of anilines is 1. The third-order valence-electron chi connectivity index (χ3n) is 7.04. The van der Waals surface area contributed by atoms with Crippen LogP contribution in [-0.4, -0.2) is 75.2 Å². The fraction of sp³-hybridized carbons (Fsp3) is 0.440. The van der Waals surface area contributed by atoms with Gasteiger partial charge in [0, 0.05) is 50.0 Å². The Morgan fingerprint density at radius 3 is 2.31 bits per heavy atom. The van der Waals surface area contributed by atoms with Gasteiger partial charge >= 0.3 is 6.09 Å². The van der Waals surface area contributed by atoms with E-state index in [2.05, 4.69) is 9.88 Å². The molecule has 1 aromatic carbocycles. The van der Waals surface area contributed by atoms with Crippen molar-refractivity contribution in [1.82, 2.24) is 20.3 Å². The third-order valence-corrected chi connectivity index (χ3v) is 7.04. The first kappa shape index (κ1) is 24.5. The van der Waals surface area contributed by atoms with Crippen LogP contribution < -0.4 is 10.4 Å². The second-order valence-electron chi connectivity index (χ2n) is 9.04. The van der Waals surface area contributed by atoms with E-state index >= 15 is 0 Å². The fourth-order valence-corrected chi connectivity index (χ4v) is 5.18. The third kappa shape index (κ3) is 5.71. The van der Waals surface area contributed by atoms with E-state index in [1.807, 2.05) is 30.3 Å². The van der Waals surface area contributed by atoms with Crippen molar-refractivity contribution in [3.63, 3.8) is 0 Å². The van der Waals surface area contributed by atoms with Gasteiger partial charge in [-0.25, -0.2) is 10.3 Å². The summed E-state index contributed by atoms with van der Waals surface area (Å²) in [6, 6.07) is 14.8. The molecule has 186 valence electrons. The number of aromatic nitrogens is 1. The molecule has 1 saturated heterocycles. The molecule has 2 heterocycles. The maximum atomic E-state index is 13.4. The van der Waals surface area contributed by atoms with Crippen molar-refractivity contribution in [2.75, 3.05) is 31.1 Å². The summed E-state index contributed by atoms with van der Waals surface area (Å²) in [5.74, 6) is -2.19. The quantitative estimate of drug-likeness (QED) is 0.426. The first-order valence-corrected chi connectivity index (χ1v) is 11.9. The van der Waals surface area contributed by atoms with Crippen LogP contribution in [0.1, 0.15) is 25.0 Å². The van der Waals surface area contributed by atoms with E-state index in [1.54, 1.807) is 34.8 Å². The number of hydroxylamine groups is 1. The first-order valence-electron chi connectivity index (χ1n) is 11.9. The molecule has 10 nitrogen and oxygen atoms in total. The van der Waals surface area contributed by atoms with Gasteiger partial charge in [-0.2, -0.15) is 0 Å². The number of hydrogen-bond acceptors (Lipinski definition) is 6. The molecule has 1 aliphatic carbocycles.